The molecule has 1 unspecified atom stereocenters. The Morgan fingerprint density at radius 1 is 0.862 bits per heavy atom. The smallest absolute Gasteiger partial charge is 0.328 e. The summed E-state index contributed by atoms with van der Waals surface area (Å²) in [5.41, 5.74) is 0. The molecule has 0 radical (unpaired) electrons. The molecular formula is C21H33NO7. The summed E-state index contributed by atoms with van der Waals surface area (Å²) in [6.07, 6.45) is 6.59. The van der Waals surface area contributed by atoms with Gasteiger partial charge in [0.05, 0.1) is 18.6 Å². The topological polar surface area (TPSA) is 100 Å². The summed E-state index contributed by atoms with van der Waals surface area (Å²) in [6, 6.07) is -0.767. The molecule has 1 heterocycles. The molecule has 1 amide bonds. The van der Waals surface area contributed by atoms with Gasteiger partial charge in [0.25, 0.3) is 0 Å². The normalized spacial score (nSPS) is 33.3. The summed E-state index contributed by atoms with van der Waals surface area (Å²) in [5.74, 6) is -1.35. The molecule has 0 bridgehead atoms. The zero-order chi connectivity index (χ0) is 21.8. The van der Waals surface area contributed by atoms with Crippen LogP contribution < -0.4 is 5.32 Å². The maximum Gasteiger partial charge on any atom is 0.328 e. The Morgan fingerprint density at radius 2 is 1.38 bits per heavy atom. The van der Waals surface area contributed by atoms with E-state index in [0.717, 1.165) is 0 Å². The Morgan fingerprint density at radius 3 is 1.93 bits per heavy atom. The van der Waals surface area contributed by atoms with E-state index in [9.17, 15) is 14.4 Å². The van der Waals surface area contributed by atoms with Crippen LogP contribution in [0.5, 0.6) is 0 Å². The molecule has 5 atom stereocenters. The van der Waals surface area contributed by atoms with Crippen molar-refractivity contribution in [2.24, 2.45) is 11.8 Å². The number of amides is 1. The largest absolute Gasteiger partial charge is 0.463 e. The molecular weight excluding hydrogens is 378 g/mol. The van der Waals surface area contributed by atoms with Crippen LogP contribution in [0.25, 0.3) is 0 Å². The Kier molecular flexibility index (Phi) is 11.2. The van der Waals surface area contributed by atoms with E-state index in [1.807, 2.05) is 26.0 Å². The highest BCUT2D eigenvalue weighted by atomic mass is 16.6. The minimum absolute atomic E-state index is 0.0401. The van der Waals surface area contributed by atoms with Crippen molar-refractivity contribution < 1.29 is 33.3 Å². The van der Waals surface area contributed by atoms with Crippen LogP contribution in [0.1, 0.15) is 33.6 Å². The van der Waals surface area contributed by atoms with Crippen LogP contribution in [0, 0.1) is 11.8 Å². The molecule has 0 saturated heterocycles. The van der Waals surface area contributed by atoms with E-state index in [-0.39, 0.29) is 62.0 Å². The van der Waals surface area contributed by atoms with Gasteiger partial charge in [-0.15, -0.1) is 0 Å². The third-order valence-electron chi connectivity index (χ3n) is 4.77. The van der Waals surface area contributed by atoms with Gasteiger partial charge in [0.2, 0.25) is 5.91 Å². The van der Waals surface area contributed by atoms with Crippen molar-refractivity contribution in [2.75, 3.05) is 27.4 Å². The first-order valence-corrected chi connectivity index (χ1v) is 9.79. The second kappa shape index (κ2) is 13.1. The molecule has 0 fully saturated rings. The summed E-state index contributed by atoms with van der Waals surface area (Å²) >= 11 is 0. The maximum absolute atomic E-state index is 12.1. The van der Waals surface area contributed by atoms with Crippen molar-refractivity contribution in [3.63, 3.8) is 0 Å². The lowest BCUT2D eigenvalue weighted by atomic mass is 10.0. The number of esters is 2. The quantitative estimate of drug-likeness (QED) is 0.546. The van der Waals surface area contributed by atoms with Crippen LogP contribution in [0.4, 0.5) is 0 Å². The van der Waals surface area contributed by atoms with Crippen molar-refractivity contribution in [1.82, 2.24) is 5.32 Å². The van der Waals surface area contributed by atoms with Crippen molar-refractivity contribution in [1.29, 1.82) is 0 Å². The molecule has 164 valence electrons. The number of methoxy groups -OCH3 is 2. The molecule has 8 nitrogen and oxygen atoms in total. The van der Waals surface area contributed by atoms with E-state index in [1.54, 1.807) is 26.2 Å². The number of rotatable bonds is 2. The van der Waals surface area contributed by atoms with Gasteiger partial charge in [0, 0.05) is 32.5 Å². The van der Waals surface area contributed by atoms with E-state index in [4.69, 9.17) is 18.9 Å². The SMILES string of the molecule is COC1COC(=O)[C@H](C)NC(=O)C/C=C/[C@@H](C)[C@H](OC)COC(=O)C/C=C/[C@@H]1C. The molecule has 29 heavy (non-hydrogen) atoms. The number of hydrogen-bond donors (Lipinski definition) is 1. The van der Waals surface area contributed by atoms with Gasteiger partial charge in [-0.2, -0.15) is 0 Å². The first-order valence-electron chi connectivity index (χ1n) is 9.79. The Bertz CT molecular complexity index is 602. The molecule has 8 heteroatoms. The van der Waals surface area contributed by atoms with E-state index in [1.165, 1.54) is 7.11 Å². The average Bonchev–Trinajstić information content (AvgIpc) is 2.67. The minimum Gasteiger partial charge on any atom is -0.463 e. The molecule has 1 aliphatic rings. The Hall–Kier alpha value is -2.19. The molecule has 0 saturated carbocycles. The zero-order valence-electron chi connectivity index (χ0n) is 17.9. The van der Waals surface area contributed by atoms with Crippen LogP contribution in [-0.2, 0) is 33.3 Å². The molecule has 1 aliphatic heterocycles. The van der Waals surface area contributed by atoms with E-state index < -0.39 is 12.0 Å². The highest BCUT2D eigenvalue weighted by Gasteiger charge is 2.22. The predicted molar refractivity (Wildman–Crippen MR) is 107 cm³/mol. The molecule has 0 aromatic heterocycles. The lowest BCUT2D eigenvalue weighted by Crippen LogP contribution is -2.40. The van der Waals surface area contributed by atoms with E-state index in [0.29, 0.717) is 0 Å². The first-order chi connectivity index (χ1) is 13.8. The van der Waals surface area contributed by atoms with Gasteiger partial charge in [-0.25, -0.2) is 4.79 Å². The highest BCUT2D eigenvalue weighted by Crippen LogP contribution is 2.12. The molecule has 0 aromatic rings. The number of cyclic esters (lactones) is 2. The molecule has 1 rings (SSSR count). The maximum atomic E-state index is 12.1. The van der Waals surface area contributed by atoms with Gasteiger partial charge in [-0.05, 0) is 6.92 Å². The third-order valence-corrected chi connectivity index (χ3v) is 4.77. The summed E-state index contributed by atoms with van der Waals surface area (Å²) in [4.78, 5) is 36.2. The average molecular weight is 411 g/mol. The molecule has 0 aliphatic carbocycles. The molecule has 0 aromatic carbocycles. The summed E-state index contributed by atoms with van der Waals surface area (Å²) in [6.45, 7) is 5.54. The van der Waals surface area contributed by atoms with Crippen molar-refractivity contribution in [3.05, 3.63) is 24.3 Å². The standard InChI is InChI=1S/C21H33NO7/c1-14-8-6-10-19(23)22-16(3)21(25)29-13-18(27-5)15(2)9-7-11-20(24)28-12-17(14)26-4/h6-9,14-18H,10-13H2,1-5H3,(H,22,23)/b8-6+,9-7+/t14-,15+,16+,17-,18?/m1/s1. The number of hydrogen-bond acceptors (Lipinski definition) is 7. The summed E-state index contributed by atoms with van der Waals surface area (Å²) in [7, 11) is 3.07. The number of nitrogens with one attached hydrogen (secondary N) is 1. The van der Waals surface area contributed by atoms with E-state index >= 15 is 0 Å². The monoisotopic (exact) mass is 411 g/mol. The van der Waals surface area contributed by atoms with Crippen LogP contribution in [0.2, 0.25) is 0 Å². The number of carbonyl (C=O) groups is 3. The van der Waals surface area contributed by atoms with Gasteiger partial charge in [-0.3, -0.25) is 9.59 Å². The highest BCUT2D eigenvalue weighted by molar-refractivity contribution is 5.84. The zero-order valence-corrected chi connectivity index (χ0v) is 17.9. The first kappa shape index (κ1) is 24.8. The van der Waals surface area contributed by atoms with E-state index in [2.05, 4.69) is 5.32 Å². The van der Waals surface area contributed by atoms with Crippen LogP contribution in [0.3, 0.4) is 0 Å². The van der Waals surface area contributed by atoms with Gasteiger partial charge >= 0.3 is 11.9 Å². The second-order valence-electron chi connectivity index (χ2n) is 7.13. The van der Waals surface area contributed by atoms with Gasteiger partial charge in [0.1, 0.15) is 19.3 Å². The minimum atomic E-state index is -0.767. The van der Waals surface area contributed by atoms with Crippen LogP contribution >= 0.6 is 0 Å². The van der Waals surface area contributed by atoms with Gasteiger partial charge < -0.3 is 24.3 Å². The van der Waals surface area contributed by atoms with Crippen molar-refractivity contribution in [2.45, 2.75) is 51.9 Å². The Balaban J connectivity index is 2.90. The summed E-state index contributed by atoms with van der Waals surface area (Å²) < 4.78 is 21.3. The lowest BCUT2D eigenvalue weighted by molar-refractivity contribution is -0.151. The number of ether oxygens (including phenoxy) is 4. The fourth-order valence-electron chi connectivity index (χ4n) is 2.77. The second-order valence-corrected chi connectivity index (χ2v) is 7.13. The lowest BCUT2D eigenvalue weighted by Gasteiger charge is -2.21. The fourth-order valence-corrected chi connectivity index (χ4v) is 2.77. The van der Waals surface area contributed by atoms with Crippen LogP contribution in [0.15, 0.2) is 24.3 Å². The summed E-state index contributed by atoms with van der Waals surface area (Å²) in [5, 5.41) is 2.61. The third kappa shape index (κ3) is 9.23. The van der Waals surface area contributed by atoms with Gasteiger partial charge in [0.15, 0.2) is 0 Å². The van der Waals surface area contributed by atoms with Crippen LogP contribution in [-0.4, -0.2) is 63.5 Å². The predicted octanol–water partition coefficient (Wildman–Crippen LogP) is 1.79. The number of carbonyl (C=O) groups excluding carboxylic acids is 3. The van der Waals surface area contributed by atoms with Gasteiger partial charge in [-0.1, -0.05) is 38.2 Å². The fraction of sp³-hybridized carbons (Fsp3) is 0.667. The van der Waals surface area contributed by atoms with Crippen molar-refractivity contribution >= 4 is 17.8 Å². The van der Waals surface area contributed by atoms with Crippen molar-refractivity contribution in [3.8, 4) is 0 Å². The Labute approximate surface area is 172 Å². The molecule has 0 spiro atoms. The molecule has 1 N–H and O–H groups in total.